The molecule has 0 bridgehead atoms. The summed E-state index contributed by atoms with van der Waals surface area (Å²) >= 11 is 1.70. The molecule has 20 heavy (non-hydrogen) atoms. The van der Waals surface area contributed by atoms with Gasteiger partial charge in [0.15, 0.2) is 0 Å². The van der Waals surface area contributed by atoms with Gasteiger partial charge < -0.3 is 5.73 Å². The summed E-state index contributed by atoms with van der Waals surface area (Å²) in [6.45, 7) is 0.576. The van der Waals surface area contributed by atoms with Gasteiger partial charge in [-0.15, -0.1) is 0 Å². The van der Waals surface area contributed by atoms with Crippen molar-refractivity contribution in [1.82, 2.24) is 9.97 Å². The molecule has 0 radical (unpaired) electrons. The fourth-order valence-electron chi connectivity index (χ4n) is 2.13. The Kier molecular flexibility index (Phi) is 3.95. The first kappa shape index (κ1) is 13.1. The third-order valence-electron chi connectivity index (χ3n) is 3.15. The van der Waals surface area contributed by atoms with E-state index in [9.17, 15) is 0 Å². The summed E-state index contributed by atoms with van der Waals surface area (Å²) in [6, 6.07) is 18.4. The third-order valence-corrected chi connectivity index (χ3v) is 4.44. The van der Waals surface area contributed by atoms with Crippen LogP contribution in [-0.4, -0.2) is 16.5 Å². The topological polar surface area (TPSA) is 51.8 Å². The van der Waals surface area contributed by atoms with Crippen LogP contribution in [0, 0.1) is 0 Å². The van der Waals surface area contributed by atoms with Gasteiger partial charge in [0.25, 0.3) is 0 Å². The summed E-state index contributed by atoms with van der Waals surface area (Å²) in [7, 11) is 0. The van der Waals surface area contributed by atoms with E-state index in [-0.39, 0.29) is 5.25 Å². The SMILES string of the molecule is NCC(Sc1ncnc2ccccc12)c1ccccc1. The minimum atomic E-state index is 0.203. The monoisotopic (exact) mass is 281 g/mol. The molecule has 4 heteroatoms. The molecule has 0 amide bonds. The molecule has 0 saturated heterocycles. The lowest BCUT2D eigenvalue weighted by atomic mass is 10.1. The molecular weight excluding hydrogens is 266 g/mol. The first-order chi connectivity index (χ1) is 9.88. The van der Waals surface area contributed by atoms with Crippen molar-refractivity contribution < 1.29 is 0 Å². The molecule has 1 aromatic heterocycles. The molecule has 2 N–H and O–H groups in total. The predicted molar refractivity (Wildman–Crippen MR) is 83.6 cm³/mol. The second-order valence-corrected chi connectivity index (χ2v) is 5.64. The van der Waals surface area contributed by atoms with Gasteiger partial charge in [-0.3, -0.25) is 0 Å². The number of rotatable bonds is 4. The van der Waals surface area contributed by atoms with Gasteiger partial charge in [0, 0.05) is 17.2 Å². The van der Waals surface area contributed by atoms with Crippen molar-refractivity contribution in [1.29, 1.82) is 0 Å². The van der Waals surface area contributed by atoms with E-state index < -0.39 is 0 Å². The molecule has 0 aliphatic rings. The molecule has 1 heterocycles. The van der Waals surface area contributed by atoms with Crippen molar-refractivity contribution in [3.8, 4) is 0 Å². The van der Waals surface area contributed by atoms with Gasteiger partial charge in [0.1, 0.15) is 11.4 Å². The average Bonchev–Trinajstić information content (AvgIpc) is 2.53. The van der Waals surface area contributed by atoms with Gasteiger partial charge in [0.2, 0.25) is 0 Å². The summed E-state index contributed by atoms with van der Waals surface area (Å²) in [5, 5.41) is 2.26. The second kappa shape index (κ2) is 6.03. The molecule has 1 unspecified atom stereocenters. The lowest BCUT2D eigenvalue weighted by Gasteiger charge is -2.15. The zero-order valence-corrected chi connectivity index (χ0v) is 11.8. The maximum Gasteiger partial charge on any atom is 0.117 e. The lowest BCUT2D eigenvalue weighted by molar-refractivity contribution is 0.935. The van der Waals surface area contributed by atoms with Crippen LogP contribution in [0.4, 0.5) is 0 Å². The summed E-state index contributed by atoms with van der Waals surface area (Å²) < 4.78 is 0. The summed E-state index contributed by atoms with van der Waals surface area (Å²) in [4.78, 5) is 8.71. The summed E-state index contributed by atoms with van der Waals surface area (Å²) in [5.74, 6) is 0. The highest BCUT2D eigenvalue weighted by Crippen LogP contribution is 2.36. The molecule has 3 nitrogen and oxygen atoms in total. The summed E-state index contributed by atoms with van der Waals surface area (Å²) in [5.41, 5.74) is 8.12. The van der Waals surface area contributed by atoms with Crippen molar-refractivity contribution in [3.05, 3.63) is 66.5 Å². The van der Waals surface area contributed by atoms with Crippen LogP contribution in [0.2, 0.25) is 0 Å². The first-order valence-electron chi connectivity index (χ1n) is 6.50. The number of fused-ring (bicyclic) bond motifs is 1. The van der Waals surface area contributed by atoms with E-state index in [1.807, 2.05) is 36.4 Å². The van der Waals surface area contributed by atoms with Crippen LogP contribution in [0.25, 0.3) is 10.9 Å². The Morgan fingerprint density at radius 1 is 0.950 bits per heavy atom. The Labute approximate surface area is 122 Å². The number of benzene rings is 2. The summed E-state index contributed by atoms with van der Waals surface area (Å²) in [6.07, 6.45) is 1.61. The average molecular weight is 281 g/mol. The smallest absolute Gasteiger partial charge is 0.117 e. The molecule has 0 spiro atoms. The van der Waals surface area contributed by atoms with E-state index >= 15 is 0 Å². The van der Waals surface area contributed by atoms with Crippen LogP contribution < -0.4 is 5.73 Å². The van der Waals surface area contributed by atoms with Gasteiger partial charge in [0.05, 0.1) is 5.52 Å². The molecule has 1 atom stereocenters. The van der Waals surface area contributed by atoms with Gasteiger partial charge in [-0.25, -0.2) is 9.97 Å². The molecule has 0 aliphatic carbocycles. The van der Waals surface area contributed by atoms with Crippen LogP contribution in [0.5, 0.6) is 0 Å². The number of hydrogen-bond donors (Lipinski definition) is 1. The van der Waals surface area contributed by atoms with E-state index in [0.717, 1.165) is 15.9 Å². The van der Waals surface area contributed by atoms with E-state index in [4.69, 9.17) is 5.73 Å². The van der Waals surface area contributed by atoms with Crippen molar-refractivity contribution in [2.24, 2.45) is 5.73 Å². The maximum atomic E-state index is 5.93. The third kappa shape index (κ3) is 2.66. The van der Waals surface area contributed by atoms with Crippen molar-refractivity contribution in [3.63, 3.8) is 0 Å². The fraction of sp³-hybridized carbons (Fsp3) is 0.125. The van der Waals surface area contributed by atoms with Crippen molar-refractivity contribution in [2.75, 3.05) is 6.54 Å². The predicted octanol–water partition coefficient (Wildman–Crippen LogP) is 3.42. The van der Waals surface area contributed by atoms with E-state index in [2.05, 4.69) is 28.2 Å². The standard InChI is InChI=1S/C16H15N3S/c17-10-15(12-6-2-1-3-7-12)20-16-13-8-4-5-9-14(13)18-11-19-16/h1-9,11,15H,10,17H2. The van der Waals surface area contributed by atoms with E-state index in [1.54, 1.807) is 18.1 Å². The van der Waals surface area contributed by atoms with Gasteiger partial charge in [-0.05, 0) is 11.6 Å². The highest BCUT2D eigenvalue weighted by molar-refractivity contribution is 7.99. The largest absolute Gasteiger partial charge is 0.329 e. The number of nitrogens with zero attached hydrogens (tertiary/aromatic N) is 2. The Morgan fingerprint density at radius 3 is 2.50 bits per heavy atom. The Balaban J connectivity index is 1.96. The van der Waals surface area contributed by atoms with Crippen molar-refractivity contribution >= 4 is 22.7 Å². The molecule has 0 saturated carbocycles. The highest BCUT2D eigenvalue weighted by atomic mass is 32.2. The first-order valence-corrected chi connectivity index (χ1v) is 7.38. The molecular formula is C16H15N3S. The molecule has 3 rings (SSSR count). The number of hydrogen-bond acceptors (Lipinski definition) is 4. The molecule has 0 fully saturated rings. The minimum Gasteiger partial charge on any atom is -0.329 e. The van der Waals surface area contributed by atoms with E-state index in [1.165, 1.54) is 5.56 Å². The Bertz CT molecular complexity index is 695. The molecule has 100 valence electrons. The minimum absolute atomic E-state index is 0.203. The normalized spacial score (nSPS) is 12.4. The van der Waals surface area contributed by atoms with Crippen LogP contribution in [0.3, 0.4) is 0 Å². The van der Waals surface area contributed by atoms with Crippen LogP contribution in [-0.2, 0) is 0 Å². The van der Waals surface area contributed by atoms with Gasteiger partial charge in [-0.2, -0.15) is 0 Å². The number of nitrogens with two attached hydrogens (primary N) is 1. The van der Waals surface area contributed by atoms with Gasteiger partial charge >= 0.3 is 0 Å². The fourth-order valence-corrected chi connectivity index (χ4v) is 3.20. The van der Waals surface area contributed by atoms with Crippen LogP contribution >= 0.6 is 11.8 Å². The molecule has 3 aromatic rings. The zero-order valence-electron chi connectivity index (χ0n) is 10.9. The highest BCUT2D eigenvalue weighted by Gasteiger charge is 2.14. The number of thioether (sulfide) groups is 1. The quantitative estimate of drug-likeness (QED) is 0.588. The van der Waals surface area contributed by atoms with E-state index in [0.29, 0.717) is 6.54 Å². The van der Waals surface area contributed by atoms with Crippen molar-refractivity contribution in [2.45, 2.75) is 10.3 Å². The molecule has 2 aromatic carbocycles. The Hall–Kier alpha value is -1.91. The lowest BCUT2D eigenvalue weighted by Crippen LogP contribution is -2.09. The second-order valence-electron chi connectivity index (χ2n) is 4.45. The van der Waals surface area contributed by atoms with Crippen LogP contribution in [0.1, 0.15) is 10.8 Å². The number of aromatic nitrogens is 2. The Morgan fingerprint density at radius 2 is 1.70 bits per heavy atom. The molecule has 0 aliphatic heterocycles. The van der Waals surface area contributed by atoms with Crippen LogP contribution in [0.15, 0.2) is 66.0 Å². The maximum absolute atomic E-state index is 5.93. The number of para-hydroxylation sites is 1. The van der Waals surface area contributed by atoms with Gasteiger partial charge in [-0.1, -0.05) is 60.3 Å². The zero-order chi connectivity index (χ0) is 13.8.